The summed E-state index contributed by atoms with van der Waals surface area (Å²) in [4.78, 5) is 33.3. The van der Waals surface area contributed by atoms with Crippen LogP contribution < -0.4 is 5.32 Å². The van der Waals surface area contributed by atoms with Gasteiger partial charge in [0.25, 0.3) is 0 Å². The van der Waals surface area contributed by atoms with Crippen molar-refractivity contribution in [2.45, 2.75) is 26.7 Å². The second-order valence-electron chi connectivity index (χ2n) is 4.41. The molecule has 0 aliphatic carbocycles. The van der Waals surface area contributed by atoms with E-state index in [0.717, 1.165) is 17.7 Å². The summed E-state index contributed by atoms with van der Waals surface area (Å²) >= 11 is 0. The van der Waals surface area contributed by atoms with Gasteiger partial charge in [0, 0.05) is 6.54 Å². The summed E-state index contributed by atoms with van der Waals surface area (Å²) in [5, 5.41) is 19.7. The van der Waals surface area contributed by atoms with Crippen LogP contribution in [-0.4, -0.2) is 52.7 Å². The molecule has 7 nitrogen and oxygen atoms in total. The molecule has 0 atom stereocenters. The summed E-state index contributed by atoms with van der Waals surface area (Å²) in [6.07, 6.45) is 1.72. The van der Waals surface area contributed by atoms with E-state index in [1.54, 1.807) is 0 Å². The summed E-state index contributed by atoms with van der Waals surface area (Å²) in [5.74, 6) is -1.96. The Kier molecular flexibility index (Phi) is 7.50. The van der Waals surface area contributed by atoms with Gasteiger partial charge in [-0.1, -0.05) is 13.8 Å². The molecule has 0 radical (unpaired) electrons. The number of nitrogens with one attached hydrogen (secondary N) is 1. The molecule has 0 unspecified atom stereocenters. The highest BCUT2D eigenvalue weighted by Crippen LogP contribution is 2.02. The molecule has 0 bridgehead atoms. The van der Waals surface area contributed by atoms with Crippen LogP contribution in [0.2, 0.25) is 0 Å². The number of amides is 2. The number of nitrogens with zero attached hydrogens (tertiary/aromatic N) is 1. The molecule has 3 N–H and O–H groups in total. The maximum Gasteiger partial charge on any atom is 0.323 e. The largest absolute Gasteiger partial charge is 0.480 e. The van der Waals surface area contributed by atoms with E-state index in [-0.39, 0.29) is 0 Å². The first-order valence-corrected chi connectivity index (χ1v) is 5.79. The molecule has 18 heavy (non-hydrogen) atoms. The van der Waals surface area contributed by atoms with Crippen LogP contribution in [0, 0.1) is 5.92 Å². The molecule has 0 fully saturated rings. The monoisotopic (exact) mass is 260 g/mol. The third kappa shape index (κ3) is 8.37. The van der Waals surface area contributed by atoms with E-state index in [1.165, 1.54) is 0 Å². The van der Waals surface area contributed by atoms with E-state index in [4.69, 9.17) is 10.2 Å². The molecule has 7 heteroatoms. The molecule has 104 valence electrons. The summed E-state index contributed by atoms with van der Waals surface area (Å²) < 4.78 is 0. The number of rotatable bonds is 8. The Morgan fingerprint density at radius 3 is 2.00 bits per heavy atom. The predicted molar refractivity (Wildman–Crippen MR) is 64.3 cm³/mol. The molecule has 0 spiro atoms. The highest BCUT2D eigenvalue weighted by Gasteiger charge is 2.18. The third-order valence-corrected chi connectivity index (χ3v) is 2.17. The normalized spacial score (nSPS) is 10.2. The van der Waals surface area contributed by atoms with Crippen molar-refractivity contribution in [2.75, 3.05) is 19.6 Å². The van der Waals surface area contributed by atoms with Gasteiger partial charge < -0.3 is 20.4 Å². The molecular weight excluding hydrogens is 240 g/mol. The topological polar surface area (TPSA) is 107 Å². The van der Waals surface area contributed by atoms with E-state index in [9.17, 15) is 14.4 Å². The molecule has 0 aromatic rings. The lowest BCUT2D eigenvalue weighted by molar-refractivity contribution is -0.140. The van der Waals surface area contributed by atoms with Gasteiger partial charge in [-0.3, -0.25) is 9.59 Å². The number of carbonyl (C=O) groups excluding carboxylic acids is 1. The number of urea groups is 1. The fourth-order valence-electron chi connectivity index (χ4n) is 1.34. The van der Waals surface area contributed by atoms with Crippen molar-refractivity contribution in [2.24, 2.45) is 5.92 Å². The van der Waals surface area contributed by atoms with Crippen molar-refractivity contribution >= 4 is 18.0 Å². The second kappa shape index (κ2) is 8.32. The maximum atomic E-state index is 11.5. The number of carboxylic acids is 2. The van der Waals surface area contributed by atoms with E-state index < -0.39 is 31.1 Å². The minimum absolute atomic E-state index is 0.409. The predicted octanol–water partition coefficient (Wildman–Crippen LogP) is 0.603. The lowest BCUT2D eigenvalue weighted by Crippen LogP contribution is -2.45. The standard InChI is InChI=1S/C11H20N2O5/c1-8(2)4-3-5-12-11(18)13(6-9(14)15)7-10(16)17/h8H,3-7H2,1-2H3,(H,12,18)(H,14,15)(H,16,17). The third-order valence-electron chi connectivity index (χ3n) is 2.17. The highest BCUT2D eigenvalue weighted by molar-refractivity contribution is 5.84. The number of hydrogen-bond acceptors (Lipinski definition) is 3. The molecule has 2 amide bonds. The Bertz CT molecular complexity index is 288. The van der Waals surface area contributed by atoms with E-state index in [1.807, 2.05) is 0 Å². The lowest BCUT2D eigenvalue weighted by Gasteiger charge is -2.19. The van der Waals surface area contributed by atoms with Crippen molar-refractivity contribution in [1.82, 2.24) is 10.2 Å². The minimum atomic E-state index is -1.24. The molecule has 0 aliphatic rings. The van der Waals surface area contributed by atoms with Gasteiger partial charge in [-0.2, -0.15) is 0 Å². The number of aliphatic carboxylic acids is 2. The van der Waals surface area contributed by atoms with Crippen molar-refractivity contribution in [3.8, 4) is 0 Å². The number of carboxylic acid groups (broad SMARTS) is 2. The van der Waals surface area contributed by atoms with Gasteiger partial charge in [0.1, 0.15) is 13.1 Å². The van der Waals surface area contributed by atoms with Gasteiger partial charge in [-0.05, 0) is 18.8 Å². The zero-order chi connectivity index (χ0) is 14.1. The summed E-state index contributed by atoms with van der Waals surface area (Å²) in [6, 6.07) is -0.663. The van der Waals surface area contributed by atoms with Crippen LogP contribution in [0.25, 0.3) is 0 Å². The van der Waals surface area contributed by atoms with E-state index >= 15 is 0 Å². The Hall–Kier alpha value is -1.79. The van der Waals surface area contributed by atoms with E-state index in [0.29, 0.717) is 12.5 Å². The average Bonchev–Trinajstić information content (AvgIpc) is 2.21. The van der Waals surface area contributed by atoms with Crippen LogP contribution in [-0.2, 0) is 9.59 Å². The molecule has 0 aromatic carbocycles. The SMILES string of the molecule is CC(C)CCCNC(=O)N(CC(=O)O)CC(=O)O. The Morgan fingerprint density at radius 1 is 1.11 bits per heavy atom. The molecule has 0 saturated carbocycles. The Morgan fingerprint density at radius 2 is 1.61 bits per heavy atom. The molecule has 0 heterocycles. The first-order valence-electron chi connectivity index (χ1n) is 5.79. The van der Waals surface area contributed by atoms with Crippen LogP contribution >= 0.6 is 0 Å². The van der Waals surface area contributed by atoms with Crippen molar-refractivity contribution in [1.29, 1.82) is 0 Å². The molecule has 0 aromatic heterocycles. The van der Waals surface area contributed by atoms with Gasteiger partial charge in [-0.25, -0.2) is 4.79 Å². The average molecular weight is 260 g/mol. The summed E-state index contributed by atoms with van der Waals surface area (Å²) in [7, 11) is 0. The van der Waals surface area contributed by atoms with Crippen LogP contribution in [0.3, 0.4) is 0 Å². The Balaban J connectivity index is 4.12. The smallest absolute Gasteiger partial charge is 0.323 e. The van der Waals surface area contributed by atoms with Gasteiger partial charge in [0.2, 0.25) is 0 Å². The molecular formula is C11H20N2O5. The fraction of sp³-hybridized carbons (Fsp3) is 0.727. The van der Waals surface area contributed by atoms with Gasteiger partial charge in [0.15, 0.2) is 0 Å². The minimum Gasteiger partial charge on any atom is -0.480 e. The highest BCUT2D eigenvalue weighted by atomic mass is 16.4. The first-order chi connectivity index (χ1) is 8.32. The molecule has 0 saturated heterocycles. The van der Waals surface area contributed by atoms with Crippen molar-refractivity contribution < 1.29 is 24.6 Å². The zero-order valence-corrected chi connectivity index (χ0v) is 10.7. The summed E-state index contributed by atoms with van der Waals surface area (Å²) in [5.41, 5.74) is 0. The van der Waals surface area contributed by atoms with Crippen LogP contribution in [0.4, 0.5) is 4.79 Å². The van der Waals surface area contributed by atoms with Crippen molar-refractivity contribution in [3.05, 3.63) is 0 Å². The quantitative estimate of drug-likeness (QED) is 0.554. The maximum absolute atomic E-state index is 11.5. The lowest BCUT2D eigenvalue weighted by atomic mass is 10.1. The van der Waals surface area contributed by atoms with Crippen LogP contribution in [0.5, 0.6) is 0 Å². The number of carbonyl (C=O) groups is 3. The Labute approximate surface area is 106 Å². The zero-order valence-electron chi connectivity index (χ0n) is 10.7. The van der Waals surface area contributed by atoms with Gasteiger partial charge in [-0.15, -0.1) is 0 Å². The second-order valence-corrected chi connectivity index (χ2v) is 4.41. The molecule has 0 rings (SSSR count). The van der Waals surface area contributed by atoms with Gasteiger partial charge >= 0.3 is 18.0 Å². The number of hydrogen-bond donors (Lipinski definition) is 3. The first kappa shape index (κ1) is 16.2. The van der Waals surface area contributed by atoms with E-state index in [2.05, 4.69) is 19.2 Å². The van der Waals surface area contributed by atoms with Crippen LogP contribution in [0.1, 0.15) is 26.7 Å². The molecule has 0 aliphatic heterocycles. The van der Waals surface area contributed by atoms with Gasteiger partial charge in [0.05, 0.1) is 0 Å². The summed E-state index contributed by atoms with van der Waals surface area (Å²) in [6.45, 7) is 3.28. The van der Waals surface area contributed by atoms with Crippen molar-refractivity contribution in [3.63, 3.8) is 0 Å². The van der Waals surface area contributed by atoms with Crippen LogP contribution in [0.15, 0.2) is 0 Å². The fourth-order valence-corrected chi connectivity index (χ4v) is 1.34.